The van der Waals surface area contributed by atoms with Crippen molar-refractivity contribution in [2.24, 2.45) is 0 Å². The van der Waals surface area contributed by atoms with Gasteiger partial charge in [-0.15, -0.1) is 0 Å². The number of aryl methyl sites for hydroxylation is 1. The number of thiazole rings is 1. The van der Waals surface area contributed by atoms with Crippen LogP contribution in [0.1, 0.15) is 47.5 Å². The normalized spacial score (nSPS) is 27.1. The predicted octanol–water partition coefficient (Wildman–Crippen LogP) is 4.37. The fourth-order valence-electron chi connectivity index (χ4n) is 6.63. The fraction of sp³-hybridized carbons (Fsp3) is 0.500. The third-order valence-electron chi connectivity index (χ3n) is 8.26. The van der Waals surface area contributed by atoms with E-state index in [0.717, 1.165) is 67.2 Å². The topological polar surface area (TPSA) is 68.1 Å². The molecule has 3 saturated carbocycles. The third kappa shape index (κ3) is 2.86. The minimum absolute atomic E-state index is 0.215. The Bertz CT molecular complexity index is 1350. The van der Waals surface area contributed by atoms with Crippen LogP contribution in [0.5, 0.6) is 0 Å². The van der Waals surface area contributed by atoms with Crippen LogP contribution in [0.25, 0.3) is 10.9 Å². The van der Waals surface area contributed by atoms with E-state index in [-0.39, 0.29) is 5.41 Å². The van der Waals surface area contributed by atoms with Crippen LogP contribution in [-0.4, -0.2) is 48.9 Å². The first-order chi connectivity index (χ1) is 16.5. The summed E-state index contributed by atoms with van der Waals surface area (Å²) in [6.07, 6.45) is 4.67. The van der Waals surface area contributed by atoms with Crippen LogP contribution in [0.4, 0.5) is 20.9 Å². The lowest BCUT2D eigenvalue weighted by Gasteiger charge is -2.65. The number of pyridine rings is 1. The van der Waals surface area contributed by atoms with Gasteiger partial charge in [0, 0.05) is 55.4 Å². The molecular formula is C26H27FN6S. The van der Waals surface area contributed by atoms with Gasteiger partial charge in [0.15, 0.2) is 5.13 Å². The molecule has 4 fully saturated rings. The minimum atomic E-state index is -1.01. The Labute approximate surface area is 202 Å². The minimum Gasteiger partial charge on any atom is -0.369 e. The van der Waals surface area contributed by atoms with E-state index in [9.17, 15) is 9.65 Å². The van der Waals surface area contributed by atoms with Crippen molar-refractivity contribution in [1.29, 1.82) is 5.26 Å². The van der Waals surface area contributed by atoms with Crippen LogP contribution in [0.3, 0.4) is 0 Å². The molecule has 8 rings (SSSR count). The monoisotopic (exact) mass is 474 g/mol. The number of nitrogens with zero attached hydrogens (tertiary/aromatic N) is 5. The molecule has 0 unspecified atom stereocenters. The molecule has 1 saturated heterocycles. The summed E-state index contributed by atoms with van der Waals surface area (Å²) in [7, 11) is 2.06. The van der Waals surface area contributed by atoms with Crippen molar-refractivity contribution in [3.63, 3.8) is 0 Å². The van der Waals surface area contributed by atoms with Crippen molar-refractivity contribution in [3.05, 3.63) is 40.0 Å². The van der Waals surface area contributed by atoms with E-state index in [1.165, 1.54) is 34.0 Å². The van der Waals surface area contributed by atoms with Gasteiger partial charge in [-0.05, 0) is 62.3 Å². The number of piperazine rings is 1. The number of hydrogen-bond donors (Lipinski definition) is 1. The van der Waals surface area contributed by atoms with Gasteiger partial charge in [-0.3, -0.25) is 4.98 Å². The zero-order valence-corrected chi connectivity index (χ0v) is 20.1. The molecule has 0 amide bonds. The maximum Gasteiger partial charge on any atom is 0.191 e. The Morgan fingerprint density at radius 3 is 2.71 bits per heavy atom. The highest BCUT2D eigenvalue weighted by atomic mass is 32.1. The van der Waals surface area contributed by atoms with E-state index in [2.05, 4.69) is 46.4 Å². The van der Waals surface area contributed by atoms with Gasteiger partial charge in [0.05, 0.1) is 16.9 Å². The molecule has 4 aliphatic carbocycles. The van der Waals surface area contributed by atoms with Crippen molar-refractivity contribution in [2.45, 2.75) is 49.6 Å². The van der Waals surface area contributed by atoms with Crippen molar-refractivity contribution in [1.82, 2.24) is 15.3 Å². The average molecular weight is 475 g/mol. The predicted molar refractivity (Wildman–Crippen MR) is 133 cm³/mol. The van der Waals surface area contributed by atoms with Crippen molar-refractivity contribution in [2.75, 3.05) is 43.0 Å². The van der Waals surface area contributed by atoms with Gasteiger partial charge in [0.2, 0.25) is 0 Å². The smallest absolute Gasteiger partial charge is 0.191 e. The summed E-state index contributed by atoms with van der Waals surface area (Å²) in [6, 6.07) is 8.98. The molecule has 3 aromatic rings. The molecule has 5 aliphatic rings. The molecule has 0 radical (unpaired) electrons. The summed E-state index contributed by atoms with van der Waals surface area (Å²) in [4.78, 5) is 15.2. The van der Waals surface area contributed by atoms with Gasteiger partial charge in [-0.2, -0.15) is 5.26 Å². The quantitative estimate of drug-likeness (QED) is 0.606. The maximum absolute atomic E-state index is 14.3. The van der Waals surface area contributed by atoms with Crippen molar-refractivity contribution >= 4 is 38.7 Å². The van der Waals surface area contributed by atoms with E-state index >= 15 is 0 Å². The first-order valence-electron chi connectivity index (χ1n) is 12.2. The van der Waals surface area contributed by atoms with Crippen LogP contribution in [0, 0.1) is 11.3 Å². The molecule has 1 aliphatic heterocycles. The van der Waals surface area contributed by atoms with Crippen molar-refractivity contribution < 1.29 is 4.39 Å². The van der Waals surface area contributed by atoms with Crippen molar-refractivity contribution in [3.8, 4) is 6.07 Å². The second kappa shape index (κ2) is 7.12. The maximum atomic E-state index is 14.3. The Morgan fingerprint density at radius 2 is 1.97 bits per heavy atom. The fourth-order valence-corrected chi connectivity index (χ4v) is 7.58. The second-order valence-corrected chi connectivity index (χ2v) is 11.5. The Morgan fingerprint density at radius 1 is 1.18 bits per heavy atom. The van der Waals surface area contributed by atoms with E-state index in [1.54, 1.807) is 0 Å². The number of nitriles is 1. The molecule has 1 aromatic carbocycles. The first-order valence-corrected chi connectivity index (χ1v) is 13.1. The third-order valence-corrected chi connectivity index (χ3v) is 9.29. The van der Waals surface area contributed by atoms with Gasteiger partial charge in [-0.1, -0.05) is 11.3 Å². The summed E-state index contributed by atoms with van der Waals surface area (Å²) in [5.41, 5.74) is 5.48. The number of nitrogens with one attached hydrogen (secondary N) is 1. The van der Waals surface area contributed by atoms with Crippen LogP contribution in [0.15, 0.2) is 18.2 Å². The number of benzene rings is 1. The molecule has 2 bridgehead atoms. The van der Waals surface area contributed by atoms with E-state index in [0.29, 0.717) is 24.1 Å². The highest BCUT2D eigenvalue weighted by molar-refractivity contribution is 7.16. The summed E-state index contributed by atoms with van der Waals surface area (Å²) in [5.74, 6) is 0. The molecule has 8 heteroatoms. The number of alkyl halides is 1. The molecule has 0 spiro atoms. The molecule has 34 heavy (non-hydrogen) atoms. The molecule has 2 aromatic heterocycles. The molecule has 1 N–H and O–H groups in total. The van der Waals surface area contributed by atoms with Crippen LogP contribution in [0.2, 0.25) is 0 Å². The highest BCUT2D eigenvalue weighted by Gasteiger charge is 2.71. The molecule has 0 atom stereocenters. The Kier molecular flexibility index (Phi) is 4.32. The second-order valence-electron chi connectivity index (χ2n) is 10.5. The number of rotatable bonds is 4. The van der Waals surface area contributed by atoms with Gasteiger partial charge < -0.3 is 15.1 Å². The molecule has 6 nitrogen and oxygen atoms in total. The first kappa shape index (κ1) is 20.6. The molecule has 3 heterocycles. The van der Waals surface area contributed by atoms with E-state index in [1.807, 2.05) is 0 Å². The number of anilines is 3. The summed E-state index contributed by atoms with van der Waals surface area (Å²) in [6.45, 7) is 3.98. The largest absolute Gasteiger partial charge is 0.369 e. The number of halogens is 1. The SMILES string of the molecule is CN(c1nc(C23CC(F)(C2)C3)c(C#N)s1)c1c2c(nc3ccc(N4CCNCC4)cc13)CCC2. The molecule has 174 valence electrons. The lowest BCUT2D eigenvalue weighted by molar-refractivity contribution is -0.159. The lowest BCUT2D eigenvalue weighted by atomic mass is 9.41. The van der Waals surface area contributed by atoms with Gasteiger partial charge in [0.1, 0.15) is 16.6 Å². The standard InChI is InChI=1S/C26H27FN6S/c1-32(24-31-23(21(12-28)34-24)25-13-26(27,14-25)15-25)22-17-3-2-4-19(17)30-20-6-5-16(11-18(20)22)33-9-7-29-8-10-33/h5-6,11,29H,2-4,7-10,13-15H2,1H3. The zero-order valence-electron chi connectivity index (χ0n) is 19.3. The summed E-state index contributed by atoms with van der Waals surface area (Å²) < 4.78 is 14.3. The van der Waals surface area contributed by atoms with E-state index in [4.69, 9.17) is 9.97 Å². The van der Waals surface area contributed by atoms with Crippen LogP contribution in [-0.2, 0) is 18.3 Å². The summed E-state index contributed by atoms with van der Waals surface area (Å²) in [5, 5.41) is 15.2. The number of hydrogen-bond acceptors (Lipinski definition) is 7. The van der Waals surface area contributed by atoms with Gasteiger partial charge in [0.25, 0.3) is 0 Å². The Balaban J connectivity index is 1.34. The van der Waals surface area contributed by atoms with E-state index < -0.39 is 5.67 Å². The van der Waals surface area contributed by atoms with Gasteiger partial charge >= 0.3 is 0 Å². The number of aromatic nitrogens is 2. The zero-order chi connectivity index (χ0) is 23.1. The van der Waals surface area contributed by atoms with Crippen LogP contribution >= 0.6 is 11.3 Å². The summed E-state index contributed by atoms with van der Waals surface area (Å²) >= 11 is 1.44. The van der Waals surface area contributed by atoms with Gasteiger partial charge in [-0.25, -0.2) is 9.37 Å². The average Bonchev–Trinajstić information content (AvgIpc) is 3.46. The van der Waals surface area contributed by atoms with Crippen LogP contribution < -0.4 is 15.1 Å². The lowest BCUT2D eigenvalue weighted by Crippen LogP contribution is -2.67. The molecular weight excluding hydrogens is 447 g/mol. The highest BCUT2D eigenvalue weighted by Crippen LogP contribution is 2.70. The Hall–Kier alpha value is -2.76. The number of fused-ring (bicyclic) bond motifs is 2.